The molecule has 1 amide bonds. The second-order valence-electron chi connectivity index (χ2n) is 8.28. The van der Waals surface area contributed by atoms with Crippen LogP contribution in [0.25, 0.3) is 22.9 Å². The molecule has 1 aromatic heterocycles. The molecule has 0 saturated carbocycles. The molecule has 0 fully saturated rings. The van der Waals surface area contributed by atoms with Gasteiger partial charge in [-0.15, -0.1) is 0 Å². The number of benzene rings is 3. The number of carbonyl (C=O) groups is 1. The highest BCUT2D eigenvalue weighted by atomic mass is 16.5. The van der Waals surface area contributed by atoms with Gasteiger partial charge in [0.2, 0.25) is 0 Å². The van der Waals surface area contributed by atoms with E-state index in [0.29, 0.717) is 40.2 Å². The van der Waals surface area contributed by atoms with Crippen molar-refractivity contribution in [3.63, 3.8) is 0 Å². The molecule has 0 bridgehead atoms. The molecule has 8 heteroatoms. The summed E-state index contributed by atoms with van der Waals surface area (Å²) in [5.74, 6) is 0.573. The van der Waals surface area contributed by atoms with Crippen molar-refractivity contribution in [1.82, 2.24) is 15.3 Å². The van der Waals surface area contributed by atoms with Gasteiger partial charge in [0.15, 0.2) is 11.5 Å². The maximum atomic E-state index is 12.6. The first-order chi connectivity index (χ1) is 17.4. The Hall–Kier alpha value is -4.59. The lowest BCUT2D eigenvalue weighted by Gasteiger charge is -2.09. The van der Waals surface area contributed by atoms with Crippen LogP contribution in [-0.4, -0.2) is 41.7 Å². The summed E-state index contributed by atoms with van der Waals surface area (Å²) in [4.78, 5) is 32.4. The fourth-order valence-corrected chi connectivity index (χ4v) is 3.84. The summed E-state index contributed by atoms with van der Waals surface area (Å²) in [5.41, 5.74) is 3.63. The van der Waals surface area contributed by atoms with Gasteiger partial charge in [0.05, 0.1) is 25.3 Å². The number of aryl methyl sites for hydroxylation is 1. The van der Waals surface area contributed by atoms with Crippen LogP contribution in [0.3, 0.4) is 0 Å². The predicted molar refractivity (Wildman–Crippen MR) is 140 cm³/mol. The lowest BCUT2D eigenvalue weighted by molar-refractivity contribution is 0.0954. The van der Waals surface area contributed by atoms with E-state index >= 15 is 0 Å². The molecule has 3 N–H and O–H groups in total. The highest BCUT2D eigenvalue weighted by Gasteiger charge is 2.11. The zero-order valence-electron chi connectivity index (χ0n) is 20.3. The number of nitrogens with one attached hydrogen (secondary N) is 2. The lowest BCUT2D eigenvalue weighted by atomic mass is 10.1. The normalized spacial score (nSPS) is 11.4. The third kappa shape index (κ3) is 5.55. The Labute approximate surface area is 208 Å². The zero-order valence-corrected chi connectivity index (χ0v) is 20.3. The van der Waals surface area contributed by atoms with Crippen LogP contribution in [-0.2, 0) is 6.42 Å². The Kier molecular flexibility index (Phi) is 7.34. The van der Waals surface area contributed by atoms with Gasteiger partial charge in [-0.05, 0) is 55.3 Å². The van der Waals surface area contributed by atoms with Gasteiger partial charge >= 0.3 is 0 Å². The molecule has 0 aliphatic carbocycles. The molecule has 0 unspecified atom stereocenters. The largest absolute Gasteiger partial charge is 0.507 e. The number of nitrogens with zero attached hydrogens (tertiary/aromatic N) is 1. The van der Waals surface area contributed by atoms with Crippen LogP contribution in [0, 0.1) is 6.92 Å². The van der Waals surface area contributed by atoms with E-state index in [2.05, 4.69) is 21.4 Å². The SMILES string of the molecule is COc1ccc(C(O)=Cc2nc3ccc(C(=O)NCCc4cccc(C)c4)cc3[nH]c2=O)cc1OC. The number of aliphatic hydroxyl groups excluding tert-OH is 1. The van der Waals surface area contributed by atoms with Crippen molar-refractivity contribution in [3.05, 3.63) is 99.0 Å². The van der Waals surface area contributed by atoms with E-state index in [1.807, 2.05) is 25.1 Å². The van der Waals surface area contributed by atoms with E-state index in [0.717, 1.165) is 12.0 Å². The average molecular weight is 486 g/mol. The fraction of sp³-hybridized carbons (Fsp3) is 0.179. The van der Waals surface area contributed by atoms with Gasteiger partial charge in [-0.1, -0.05) is 29.8 Å². The van der Waals surface area contributed by atoms with Gasteiger partial charge in [-0.25, -0.2) is 4.98 Å². The van der Waals surface area contributed by atoms with E-state index in [1.165, 1.54) is 25.9 Å². The molecule has 4 rings (SSSR count). The van der Waals surface area contributed by atoms with E-state index in [1.54, 1.807) is 36.4 Å². The number of hydrogen-bond acceptors (Lipinski definition) is 6. The molecule has 1 heterocycles. The summed E-state index contributed by atoms with van der Waals surface area (Å²) in [6.07, 6.45) is 2.00. The summed E-state index contributed by atoms with van der Waals surface area (Å²) < 4.78 is 10.5. The molecule has 0 aliphatic heterocycles. The highest BCUT2D eigenvalue weighted by Crippen LogP contribution is 2.30. The van der Waals surface area contributed by atoms with Crippen molar-refractivity contribution >= 4 is 28.8 Å². The first-order valence-corrected chi connectivity index (χ1v) is 11.4. The van der Waals surface area contributed by atoms with Crippen LogP contribution < -0.4 is 20.3 Å². The van der Waals surface area contributed by atoms with Crippen LogP contribution in [0.15, 0.2) is 65.5 Å². The summed E-state index contributed by atoms with van der Waals surface area (Å²) in [6, 6.07) is 17.9. The molecule has 3 aromatic carbocycles. The number of aromatic amines is 1. The molecule has 0 aliphatic rings. The standard InChI is InChI=1S/C28H27N3O5/c1-17-5-4-6-18(13-17)11-12-29-27(33)20-7-9-21-22(14-20)31-28(34)23(30-21)16-24(32)19-8-10-25(35-2)26(15-19)36-3/h4-10,13-16,32H,11-12H2,1-3H3,(H,29,33)(H,31,34). The molecule has 0 saturated heterocycles. The molecule has 0 radical (unpaired) electrons. The number of fused-ring (bicyclic) bond motifs is 1. The second kappa shape index (κ2) is 10.8. The third-order valence-electron chi connectivity index (χ3n) is 5.71. The van der Waals surface area contributed by atoms with Crippen molar-refractivity contribution in [2.75, 3.05) is 20.8 Å². The van der Waals surface area contributed by atoms with Gasteiger partial charge in [0, 0.05) is 23.7 Å². The third-order valence-corrected chi connectivity index (χ3v) is 5.71. The van der Waals surface area contributed by atoms with Gasteiger partial charge in [-0.2, -0.15) is 0 Å². The van der Waals surface area contributed by atoms with Crippen LogP contribution in [0.5, 0.6) is 11.5 Å². The highest BCUT2D eigenvalue weighted by molar-refractivity contribution is 5.97. The van der Waals surface area contributed by atoms with Crippen molar-refractivity contribution in [1.29, 1.82) is 0 Å². The quantitative estimate of drug-likeness (QED) is 0.321. The zero-order chi connectivity index (χ0) is 25.7. The summed E-state index contributed by atoms with van der Waals surface area (Å²) in [5, 5.41) is 13.5. The predicted octanol–water partition coefficient (Wildman–Crippen LogP) is 4.28. The van der Waals surface area contributed by atoms with Gasteiger partial charge < -0.3 is 24.9 Å². The Bertz CT molecular complexity index is 1510. The van der Waals surface area contributed by atoms with Crippen molar-refractivity contribution in [2.24, 2.45) is 0 Å². The molecular formula is C28H27N3O5. The minimum atomic E-state index is -0.494. The summed E-state index contributed by atoms with van der Waals surface area (Å²) in [6.45, 7) is 2.53. The number of amides is 1. The first kappa shape index (κ1) is 24.5. The Morgan fingerprint density at radius 3 is 2.56 bits per heavy atom. The molecule has 0 spiro atoms. The first-order valence-electron chi connectivity index (χ1n) is 11.4. The molecule has 4 aromatic rings. The number of hydrogen-bond donors (Lipinski definition) is 3. The fourth-order valence-electron chi connectivity index (χ4n) is 3.84. The summed E-state index contributed by atoms with van der Waals surface area (Å²) in [7, 11) is 3.02. The van der Waals surface area contributed by atoms with Crippen LogP contribution in [0.1, 0.15) is 32.7 Å². The van der Waals surface area contributed by atoms with Gasteiger partial charge in [0.25, 0.3) is 11.5 Å². The van der Waals surface area contributed by atoms with Crippen molar-refractivity contribution in [2.45, 2.75) is 13.3 Å². The second-order valence-corrected chi connectivity index (χ2v) is 8.28. The van der Waals surface area contributed by atoms with Gasteiger partial charge in [0.1, 0.15) is 11.5 Å². The molecule has 0 atom stereocenters. The number of ether oxygens (including phenoxy) is 2. The average Bonchev–Trinajstić information content (AvgIpc) is 2.88. The number of aliphatic hydroxyl groups is 1. The van der Waals surface area contributed by atoms with E-state index in [4.69, 9.17) is 9.47 Å². The maximum absolute atomic E-state index is 12.6. The van der Waals surface area contributed by atoms with Crippen LogP contribution in [0.2, 0.25) is 0 Å². The van der Waals surface area contributed by atoms with Gasteiger partial charge in [-0.3, -0.25) is 9.59 Å². The minimum absolute atomic E-state index is 0.0325. The topological polar surface area (TPSA) is 114 Å². The summed E-state index contributed by atoms with van der Waals surface area (Å²) >= 11 is 0. The molecule has 184 valence electrons. The van der Waals surface area contributed by atoms with Crippen molar-refractivity contribution in [3.8, 4) is 11.5 Å². The molecule has 36 heavy (non-hydrogen) atoms. The van der Waals surface area contributed by atoms with Crippen molar-refractivity contribution < 1.29 is 19.4 Å². The van der Waals surface area contributed by atoms with Crippen LogP contribution >= 0.6 is 0 Å². The Morgan fingerprint density at radius 2 is 1.81 bits per heavy atom. The molecule has 8 nitrogen and oxygen atoms in total. The smallest absolute Gasteiger partial charge is 0.274 e. The number of aromatic nitrogens is 2. The molecular weight excluding hydrogens is 458 g/mol. The van der Waals surface area contributed by atoms with E-state index in [9.17, 15) is 14.7 Å². The lowest BCUT2D eigenvalue weighted by Crippen LogP contribution is -2.25. The monoisotopic (exact) mass is 485 g/mol. The number of H-pyrrole nitrogens is 1. The number of methoxy groups -OCH3 is 2. The number of carbonyl (C=O) groups excluding carboxylic acids is 1. The van der Waals surface area contributed by atoms with Crippen LogP contribution in [0.4, 0.5) is 0 Å². The van der Waals surface area contributed by atoms with E-state index < -0.39 is 5.56 Å². The Balaban J connectivity index is 1.51. The minimum Gasteiger partial charge on any atom is -0.507 e. The van der Waals surface area contributed by atoms with E-state index in [-0.39, 0.29) is 17.4 Å². The Morgan fingerprint density at radius 1 is 1.03 bits per heavy atom. The number of rotatable bonds is 8. The maximum Gasteiger partial charge on any atom is 0.274 e.